The number of rotatable bonds is 4. The van der Waals surface area contributed by atoms with E-state index in [2.05, 4.69) is 26.1 Å². The highest BCUT2D eigenvalue weighted by molar-refractivity contribution is 4.83. The molecule has 19 heavy (non-hydrogen) atoms. The van der Waals surface area contributed by atoms with E-state index in [4.69, 9.17) is 0 Å². The second-order valence-electron chi connectivity index (χ2n) is 7.84. The minimum Gasteiger partial charge on any atom is -0.311 e. The fourth-order valence-corrected chi connectivity index (χ4v) is 4.31. The van der Waals surface area contributed by atoms with E-state index < -0.39 is 0 Å². The Bertz CT molecular complexity index is 248. The molecule has 2 aliphatic carbocycles. The molecule has 2 rings (SSSR count). The van der Waals surface area contributed by atoms with Gasteiger partial charge in [-0.3, -0.25) is 0 Å². The molecular weight excluding hydrogens is 230 g/mol. The first-order valence-corrected chi connectivity index (χ1v) is 8.89. The van der Waals surface area contributed by atoms with Crippen LogP contribution in [0.4, 0.5) is 0 Å². The van der Waals surface area contributed by atoms with Gasteiger partial charge in [-0.2, -0.15) is 0 Å². The lowest BCUT2D eigenvalue weighted by atomic mass is 9.81. The molecular formula is C18H35N. The second-order valence-corrected chi connectivity index (χ2v) is 7.84. The highest BCUT2D eigenvalue weighted by Crippen LogP contribution is 2.31. The lowest BCUT2D eigenvalue weighted by molar-refractivity contribution is 0.234. The van der Waals surface area contributed by atoms with E-state index in [1.54, 1.807) is 0 Å². The minimum atomic E-state index is 0.827. The van der Waals surface area contributed by atoms with Crippen molar-refractivity contribution in [1.82, 2.24) is 5.32 Å². The molecule has 1 N–H and O–H groups in total. The third-order valence-electron chi connectivity index (χ3n) is 5.32. The molecule has 1 nitrogen and oxygen atoms in total. The van der Waals surface area contributed by atoms with Crippen LogP contribution in [0.1, 0.15) is 85.0 Å². The number of nitrogens with one attached hydrogen (secondary N) is 1. The summed E-state index contributed by atoms with van der Waals surface area (Å²) in [5.74, 6) is 2.84. The van der Waals surface area contributed by atoms with Crippen LogP contribution in [-0.2, 0) is 0 Å². The van der Waals surface area contributed by atoms with Gasteiger partial charge in [-0.05, 0) is 56.3 Å². The summed E-state index contributed by atoms with van der Waals surface area (Å²) in [6.07, 6.45) is 14.5. The molecule has 2 aliphatic rings. The Balaban J connectivity index is 1.75. The van der Waals surface area contributed by atoms with Crippen LogP contribution in [0, 0.1) is 17.8 Å². The zero-order chi connectivity index (χ0) is 13.7. The van der Waals surface area contributed by atoms with Gasteiger partial charge in [0.25, 0.3) is 0 Å². The quantitative estimate of drug-likeness (QED) is 0.693. The van der Waals surface area contributed by atoms with Crippen LogP contribution in [-0.4, -0.2) is 12.1 Å². The standard InChI is InChI=1S/C18H35N/c1-14(2)12-16-7-5-9-18(13-16)19-17-8-4-6-15(3)10-11-17/h14-19H,4-13H2,1-3H3. The molecule has 0 aromatic rings. The summed E-state index contributed by atoms with van der Waals surface area (Å²) in [6.45, 7) is 7.19. The van der Waals surface area contributed by atoms with Crippen LogP contribution in [0.5, 0.6) is 0 Å². The Labute approximate surface area is 120 Å². The first-order chi connectivity index (χ1) is 9.13. The minimum absolute atomic E-state index is 0.827. The van der Waals surface area contributed by atoms with Crippen LogP contribution >= 0.6 is 0 Å². The Morgan fingerprint density at radius 3 is 2.42 bits per heavy atom. The van der Waals surface area contributed by atoms with Gasteiger partial charge in [-0.15, -0.1) is 0 Å². The molecule has 0 aromatic heterocycles. The van der Waals surface area contributed by atoms with Crippen molar-refractivity contribution in [3.05, 3.63) is 0 Å². The second kappa shape index (κ2) is 7.67. The van der Waals surface area contributed by atoms with Crippen molar-refractivity contribution >= 4 is 0 Å². The fraction of sp³-hybridized carbons (Fsp3) is 1.00. The molecule has 0 bridgehead atoms. The van der Waals surface area contributed by atoms with E-state index in [0.29, 0.717) is 0 Å². The first-order valence-electron chi connectivity index (χ1n) is 8.89. The summed E-state index contributed by atoms with van der Waals surface area (Å²) in [7, 11) is 0. The smallest absolute Gasteiger partial charge is 0.00722 e. The highest BCUT2D eigenvalue weighted by Gasteiger charge is 2.25. The molecule has 112 valence electrons. The van der Waals surface area contributed by atoms with Gasteiger partial charge in [0.1, 0.15) is 0 Å². The summed E-state index contributed by atoms with van der Waals surface area (Å²) in [5.41, 5.74) is 0. The predicted octanol–water partition coefficient (Wildman–Crippen LogP) is 5.15. The molecule has 0 spiro atoms. The molecule has 2 saturated carbocycles. The summed E-state index contributed by atoms with van der Waals surface area (Å²) in [6, 6.07) is 1.66. The Kier molecular flexibility index (Phi) is 6.19. The van der Waals surface area contributed by atoms with Gasteiger partial charge >= 0.3 is 0 Å². The first kappa shape index (κ1) is 15.4. The van der Waals surface area contributed by atoms with E-state index in [1.165, 1.54) is 64.2 Å². The molecule has 4 atom stereocenters. The molecule has 0 heterocycles. The summed E-state index contributed by atoms with van der Waals surface area (Å²) in [4.78, 5) is 0. The summed E-state index contributed by atoms with van der Waals surface area (Å²) >= 11 is 0. The largest absolute Gasteiger partial charge is 0.311 e. The van der Waals surface area contributed by atoms with E-state index in [-0.39, 0.29) is 0 Å². The average Bonchev–Trinajstić information content (AvgIpc) is 2.54. The molecule has 2 fully saturated rings. The highest BCUT2D eigenvalue weighted by atomic mass is 15.0. The molecule has 1 heteroatoms. The van der Waals surface area contributed by atoms with Crippen molar-refractivity contribution in [3.63, 3.8) is 0 Å². The molecule has 0 aliphatic heterocycles. The maximum atomic E-state index is 4.02. The average molecular weight is 265 g/mol. The van der Waals surface area contributed by atoms with Gasteiger partial charge in [-0.1, -0.05) is 46.5 Å². The fourth-order valence-electron chi connectivity index (χ4n) is 4.31. The SMILES string of the molecule is CC(C)CC1CCCC(NC2CCCC(C)CC2)C1. The van der Waals surface area contributed by atoms with Crippen LogP contribution in [0.25, 0.3) is 0 Å². The summed E-state index contributed by atoms with van der Waals surface area (Å²) < 4.78 is 0. The van der Waals surface area contributed by atoms with Crippen LogP contribution < -0.4 is 5.32 Å². The molecule has 0 amide bonds. The van der Waals surface area contributed by atoms with Gasteiger partial charge in [0.15, 0.2) is 0 Å². The number of hydrogen-bond donors (Lipinski definition) is 1. The Morgan fingerprint density at radius 2 is 1.63 bits per heavy atom. The molecule has 0 radical (unpaired) electrons. The van der Waals surface area contributed by atoms with E-state index in [9.17, 15) is 0 Å². The zero-order valence-electron chi connectivity index (χ0n) is 13.5. The third kappa shape index (κ3) is 5.45. The molecule has 0 aromatic carbocycles. The van der Waals surface area contributed by atoms with Crippen molar-refractivity contribution in [3.8, 4) is 0 Å². The van der Waals surface area contributed by atoms with Crippen molar-refractivity contribution in [2.45, 2.75) is 97.1 Å². The van der Waals surface area contributed by atoms with E-state index in [1.807, 2.05) is 0 Å². The number of hydrogen-bond acceptors (Lipinski definition) is 1. The van der Waals surface area contributed by atoms with Crippen LogP contribution in [0.3, 0.4) is 0 Å². The van der Waals surface area contributed by atoms with Gasteiger partial charge in [0, 0.05) is 12.1 Å². The van der Waals surface area contributed by atoms with Crippen molar-refractivity contribution in [2.24, 2.45) is 17.8 Å². The van der Waals surface area contributed by atoms with Crippen molar-refractivity contribution in [2.75, 3.05) is 0 Å². The monoisotopic (exact) mass is 265 g/mol. The maximum Gasteiger partial charge on any atom is 0.00722 e. The third-order valence-corrected chi connectivity index (χ3v) is 5.32. The molecule has 0 saturated heterocycles. The van der Waals surface area contributed by atoms with E-state index in [0.717, 1.165) is 29.8 Å². The summed E-state index contributed by atoms with van der Waals surface area (Å²) in [5, 5.41) is 4.02. The van der Waals surface area contributed by atoms with Crippen LogP contribution in [0.15, 0.2) is 0 Å². The van der Waals surface area contributed by atoms with Crippen molar-refractivity contribution in [1.29, 1.82) is 0 Å². The maximum absolute atomic E-state index is 4.02. The Hall–Kier alpha value is -0.0400. The van der Waals surface area contributed by atoms with Gasteiger partial charge in [0.05, 0.1) is 0 Å². The van der Waals surface area contributed by atoms with E-state index >= 15 is 0 Å². The topological polar surface area (TPSA) is 12.0 Å². The van der Waals surface area contributed by atoms with Crippen molar-refractivity contribution < 1.29 is 0 Å². The van der Waals surface area contributed by atoms with Gasteiger partial charge in [0.2, 0.25) is 0 Å². The Morgan fingerprint density at radius 1 is 0.895 bits per heavy atom. The predicted molar refractivity (Wildman–Crippen MR) is 84.4 cm³/mol. The molecule has 4 unspecified atom stereocenters. The lowest BCUT2D eigenvalue weighted by Gasteiger charge is -2.33. The van der Waals surface area contributed by atoms with Crippen LogP contribution in [0.2, 0.25) is 0 Å². The van der Waals surface area contributed by atoms with Gasteiger partial charge < -0.3 is 5.32 Å². The zero-order valence-corrected chi connectivity index (χ0v) is 13.5. The lowest BCUT2D eigenvalue weighted by Crippen LogP contribution is -2.41. The van der Waals surface area contributed by atoms with Gasteiger partial charge in [-0.25, -0.2) is 0 Å². The normalized spacial score (nSPS) is 37.3.